The minimum absolute atomic E-state index is 0.0946. The van der Waals surface area contributed by atoms with E-state index in [1.54, 1.807) is 0 Å². The van der Waals surface area contributed by atoms with Crippen LogP contribution in [0.25, 0.3) is 10.9 Å². The first-order valence-corrected chi connectivity index (χ1v) is 7.17. The average Bonchev–Trinajstić information content (AvgIpc) is 2.77. The number of carbonyl (C=O) groups excluding carboxylic acids is 1. The first-order valence-electron chi connectivity index (χ1n) is 6.79. The molecule has 0 bridgehead atoms. The lowest BCUT2D eigenvalue weighted by molar-refractivity contribution is -0.124. The van der Waals surface area contributed by atoms with Crippen LogP contribution in [0.15, 0.2) is 30.5 Å². The van der Waals surface area contributed by atoms with E-state index in [0.717, 1.165) is 30.2 Å². The molecule has 1 aromatic heterocycles. The van der Waals surface area contributed by atoms with E-state index in [4.69, 9.17) is 11.6 Å². The zero-order valence-electron chi connectivity index (χ0n) is 11.1. The van der Waals surface area contributed by atoms with E-state index in [-0.39, 0.29) is 12.5 Å². The maximum atomic E-state index is 11.9. The van der Waals surface area contributed by atoms with Gasteiger partial charge in [0.2, 0.25) is 5.91 Å². The number of fused-ring (bicyclic) bond motifs is 1. The Morgan fingerprint density at radius 3 is 2.90 bits per heavy atom. The Bertz CT molecular complexity index is 646. The van der Waals surface area contributed by atoms with Gasteiger partial charge in [0.15, 0.2) is 0 Å². The molecule has 1 fully saturated rings. The molecule has 0 unspecified atom stereocenters. The van der Waals surface area contributed by atoms with Crippen LogP contribution in [0.4, 0.5) is 0 Å². The van der Waals surface area contributed by atoms with Crippen molar-refractivity contribution in [2.24, 2.45) is 0 Å². The zero-order valence-corrected chi connectivity index (χ0v) is 11.9. The number of nitrogens with zero attached hydrogens (tertiary/aromatic N) is 1. The Morgan fingerprint density at radius 1 is 1.40 bits per heavy atom. The Balaban J connectivity index is 1.66. The number of amides is 1. The van der Waals surface area contributed by atoms with Crippen molar-refractivity contribution < 1.29 is 9.90 Å². The molecule has 1 aliphatic carbocycles. The number of benzene rings is 1. The van der Waals surface area contributed by atoms with Crippen LogP contribution >= 0.6 is 11.6 Å². The zero-order chi connectivity index (χ0) is 14.2. The SMILES string of the molecule is O=C(Cn1ccc2ccc(Cl)cc21)NCC1(O)CCC1. The molecule has 0 aliphatic heterocycles. The van der Waals surface area contributed by atoms with E-state index >= 15 is 0 Å². The number of hydrogen-bond donors (Lipinski definition) is 2. The summed E-state index contributed by atoms with van der Waals surface area (Å²) in [6.45, 7) is 0.575. The fourth-order valence-electron chi connectivity index (χ4n) is 2.53. The molecule has 5 heteroatoms. The molecule has 1 saturated carbocycles. The van der Waals surface area contributed by atoms with Gasteiger partial charge in [0.05, 0.1) is 5.60 Å². The van der Waals surface area contributed by atoms with Gasteiger partial charge in [-0.05, 0) is 42.8 Å². The maximum absolute atomic E-state index is 11.9. The van der Waals surface area contributed by atoms with E-state index in [9.17, 15) is 9.90 Å². The van der Waals surface area contributed by atoms with E-state index < -0.39 is 5.60 Å². The van der Waals surface area contributed by atoms with Gasteiger partial charge in [-0.15, -0.1) is 0 Å². The number of rotatable bonds is 4. The van der Waals surface area contributed by atoms with Crippen molar-refractivity contribution in [3.05, 3.63) is 35.5 Å². The summed E-state index contributed by atoms with van der Waals surface area (Å²) in [5.41, 5.74) is 0.257. The third-order valence-electron chi connectivity index (χ3n) is 3.95. The smallest absolute Gasteiger partial charge is 0.240 e. The predicted octanol–water partition coefficient (Wildman–Crippen LogP) is 2.33. The van der Waals surface area contributed by atoms with Gasteiger partial charge in [0, 0.05) is 23.3 Å². The summed E-state index contributed by atoms with van der Waals surface area (Å²) in [4.78, 5) is 11.9. The van der Waals surface area contributed by atoms with Crippen molar-refractivity contribution in [2.75, 3.05) is 6.54 Å². The summed E-state index contributed by atoms with van der Waals surface area (Å²) < 4.78 is 1.86. The number of halogens is 1. The van der Waals surface area contributed by atoms with E-state index in [0.29, 0.717) is 11.6 Å². The van der Waals surface area contributed by atoms with Crippen LogP contribution in [-0.4, -0.2) is 27.7 Å². The second-order valence-electron chi connectivity index (χ2n) is 5.50. The number of aliphatic hydroxyl groups is 1. The van der Waals surface area contributed by atoms with Crippen molar-refractivity contribution in [1.29, 1.82) is 0 Å². The molecule has 0 spiro atoms. The average molecular weight is 293 g/mol. The molecular weight excluding hydrogens is 276 g/mol. The molecular formula is C15H17ClN2O2. The van der Waals surface area contributed by atoms with Crippen molar-refractivity contribution in [3.8, 4) is 0 Å². The van der Waals surface area contributed by atoms with Gasteiger partial charge in [-0.3, -0.25) is 4.79 Å². The van der Waals surface area contributed by atoms with Gasteiger partial charge in [-0.1, -0.05) is 17.7 Å². The Hall–Kier alpha value is -1.52. The van der Waals surface area contributed by atoms with E-state index in [2.05, 4.69) is 5.32 Å². The third kappa shape index (κ3) is 2.67. The van der Waals surface area contributed by atoms with Gasteiger partial charge >= 0.3 is 0 Å². The van der Waals surface area contributed by atoms with E-state index in [1.165, 1.54) is 0 Å². The summed E-state index contributed by atoms with van der Waals surface area (Å²) in [6, 6.07) is 7.58. The first-order chi connectivity index (χ1) is 9.56. The Morgan fingerprint density at radius 2 is 2.20 bits per heavy atom. The molecule has 1 heterocycles. The molecule has 0 saturated heterocycles. The predicted molar refractivity (Wildman–Crippen MR) is 78.8 cm³/mol. The summed E-state index contributed by atoms with van der Waals surface area (Å²) in [5.74, 6) is -0.0946. The van der Waals surface area contributed by atoms with Crippen LogP contribution in [0.2, 0.25) is 5.02 Å². The molecule has 4 nitrogen and oxygen atoms in total. The van der Waals surface area contributed by atoms with Gasteiger partial charge in [-0.2, -0.15) is 0 Å². The summed E-state index contributed by atoms with van der Waals surface area (Å²) in [6.07, 6.45) is 4.45. The van der Waals surface area contributed by atoms with Crippen LogP contribution < -0.4 is 5.32 Å². The topological polar surface area (TPSA) is 54.3 Å². The van der Waals surface area contributed by atoms with Crippen molar-refractivity contribution in [3.63, 3.8) is 0 Å². The molecule has 1 amide bonds. The molecule has 3 rings (SSSR count). The van der Waals surface area contributed by atoms with Gasteiger partial charge in [-0.25, -0.2) is 0 Å². The number of carbonyl (C=O) groups is 1. The summed E-state index contributed by atoms with van der Waals surface area (Å²) >= 11 is 5.98. The maximum Gasteiger partial charge on any atom is 0.240 e. The summed E-state index contributed by atoms with van der Waals surface area (Å²) in [5, 5.41) is 14.5. The van der Waals surface area contributed by atoms with Crippen molar-refractivity contribution in [2.45, 2.75) is 31.4 Å². The summed E-state index contributed by atoms with van der Waals surface area (Å²) in [7, 11) is 0. The highest BCUT2D eigenvalue weighted by molar-refractivity contribution is 6.31. The molecule has 2 N–H and O–H groups in total. The fraction of sp³-hybridized carbons (Fsp3) is 0.400. The molecule has 2 aromatic rings. The second kappa shape index (κ2) is 5.11. The highest BCUT2D eigenvalue weighted by Crippen LogP contribution is 2.30. The van der Waals surface area contributed by atoms with Crippen molar-refractivity contribution in [1.82, 2.24) is 9.88 Å². The Labute approximate surface area is 122 Å². The number of aromatic nitrogens is 1. The van der Waals surface area contributed by atoms with Crippen LogP contribution in [0.3, 0.4) is 0 Å². The minimum Gasteiger partial charge on any atom is -0.388 e. The lowest BCUT2D eigenvalue weighted by Gasteiger charge is -2.36. The Kier molecular flexibility index (Phi) is 3.44. The first kappa shape index (κ1) is 13.5. The lowest BCUT2D eigenvalue weighted by Crippen LogP contribution is -2.48. The number of nitrogens with one attached hydrogen (secondary N) is 1. The van der Waals surface area contributed by atoms with Gasteiger partial charge in [0.1, 0.15) is 6.54 Å². The number of hydrogen-bond acceptors (Lipinski definition) is 2. The quantitative estimate of drug-likeness (QED) is 0.909. The largest absolute Gasteiger partial charge is 0.388 e. The molecule has 0 radical (unpaired) electrons. The molecule has 106 valence electrons. The molecule has 20 heavy (non-hydrogen) atoms. The fourth-order valence-corrected chi connectivity index (χ4v) is 2.70. The van der Waals surface area contributed by atoms with Gasteiger partial charge < -0.3 is 15.0 Å². The van der Waals surface area contributed by atoms with Crippen LogP contribution in [0.5, 0.6) is 0 Å². The van der Waals surface area contributed by atoms with Crippen LogP contribution in [0, 0.1) is 0 Å². The van der Waals surface area contributed by atoms with E-state index in [1.807, 2.05) is 35.0 Å². The van der Waals surface area contributed by atoms with Crippen molar-refractivity contribution >= 4 is 28.4 Å². The normalized spacial score (nSPS) is 16.9. The van der Waals surface area contributed by atoms with Crippen LogP contribution in [0.1, 0.15) is 19.3 Å². The standard InChI is InChI=1S/C15H17ClN2O2/c16-12-3-2-11-4-7-18(13(11)8-12)9-14(19)17-10-15(20)5-1-6-15/h2-4,7-8,20H,1,5-6,9-10H2,(H,17,19). The minimum atomic E-state index is -0.683. The highest BCUT2D eigenvalue weighted by atomic mass is 35.5. The third-order valence-corrected chi connectivity index (χ3v) is 4.18. The highest BCUT2D eigenvalue weighted by Gasteiger charge is 2.34. The van der Waals surface area contributed by atoms with Crippen LogP contribution in [-0.2, 0) is 11.3 Å². The molecule has 1 aromatic carbocycles. The molecule has 0 atom stereocenters. The second-order valence-corrected chi connectivity index (χ2v) is 5.94. The monoisotopic (exact) mass is 292 g/mol. The lowest BCUT2D eigenvalue weighted by atomic mass is 9.80. The molecule has 1 aliphatic rings. The van der Waals surface area contributed by atoms with Gasteiger partial charge in [0.25, 0.3) is 0 Å².